The van der Waals surface area contributed by atoms with E-state index in [-0.39, 0.29) is 42.9 Å². The van der Waals surface area contributed by atoms with Crippen molar-refractivity contribution < 1.29 is 28.7 Å². The molecule has 2 N–H and O–H groups in total. The van der Waals surface area contributed by atoms with Crippen LogP contribution in [0.3, 0.4) is 0 Å². The fourth-order valence-electron chi connectivity index (χ4n) is 3.95. The summed E-state index contributed by atoms with van der Waals surface area (Å²) in [4.78, 5) is 24.7. The van der Waals surface area contributed by atoms with Crippen LogP contribution < -0.4 is 19.9 Å². The van der Waals surface area contributed by atoms with Gasteiger partial charge in [0.05, 0.1) is 11.5 Å². The number of fused-ring (bicyclic) bond motifs is 2. The molecule has 2 aromatic carbocycles. The van der Waals surface area contributed by atoms with Crippen LogP contribution in [0.2, 0.25) is 0 Å². The maximum atomic E-state index is 13.0. The first-order valence-corrected chi connectivity index (χ1v) is 10.5. The van der Waals surface area contributed by atoms with Crippen molar-refractivity contribution in [1.29, 1.82) is 0 Å². The number of benzene rings is 2. The van der Waals surface area contributed by atoms with Gasteiger partial charge < -0.3 is 24.7 Å². The van der Waals surface area contributed by atoms with Crippen molar-refractivity contribution in [3.63, 3.8) is 0 Å². The number of aryl methyl sites for hydroxylation is 1. The van der Waals surface area contributed by atoms with E-state index in [0.717, 1.165) is 5.56 Å². The number of ether oxygens (including phenoxy) is 4. The minimum atomic E-state index is -1.09. The highest BCUT2D eigenvalue weighted by atomic mass is 35.5. The van der Waals surface area contributed by atoms with Gasteiger partial charge in [-0.3, -0.25) is 10.1 Å². The number of rotatable bonds is 6. The van der Waals surface area contributed by atoms with Crippen LogP contribution in [0.4, 0.5) is 0 Å². The second kappa shape index (κ2) is 9.44. The normalized spacial score (nSPS) is 18.5. The summed E-state index contributed by atoms with van der Waals surface area (Å²) in [5.41, 5.74) is 7.57. The quantitative estimate of drug-likeness (QED) is 0.380. The third kappa shape index (κ3) is 4.99. The Morgan fingerprint density at radius 2 is 1.85 bits per heavy atom. The molecule has 2 heterocycles. The van der Waals surface area contributed by atoms with Gasteiger partial charge >= 0.3 is 5.97 Å². The number of hydrogen-bond acceptors (Lipinski definition) is 8. The van der Waals surface area contributed by atoms with Crippen molar-refractivity contribution in [2.24, 2.45) is 5.73 Å². The number of esters is 1. The van der Waals surface area contributed by atoms with Crippen molar-refractivity contribution in [3.05, 3.63) is 62.7 Å². The largest absolute Gasteiger partial charge is 0.486 e. The smallest absolute Gasteiger partial charge is 0.338 e. The Morgan fingerprint density at radius 1 is 1.15 bits per heavy atom. The first kappa shape index (κ1) is 24.6. The van der Waals surface area contributed by atoms with Crippen LogP contribution in [0.1, 0.15) is 53.7 Å². The fourth-order valence-corrected chi connectivity index (χ4v) is 3.95. The Bertz CT molecular complexity index is 1070. The number of halogens is 1. The lowest BCUT2D eigenvalue weighted by molar-refractivity contribution is -0.528. The van der Waals surface area contributed by atoms with Gasteiger partial charge in [-0.15, -0.1) is 12.4 Å². The lowest BCUT2D eigenvalue weighted by atomic mass is 9.80. The monoisotopic (exact) mass is 478 g/mol. The van der Waals surface area contributed by atoms with Gasteiger partial charge in [0.2, 0.25) is 6.79 Å². The molecule has 2 aliphatic heterocycles. The lowest BCUT2D eigenvalue weighted by Gasteiger charge is -2.30. The molecule has 0 fully saturated rings. The van der Waals surface area contributed by atoms with E-state index in [9.17, 15) is 14.9 Å². The molecule has 0 bridgehead atoms. The summed E-state index contributed by atoms with van der Waals surface area (Å²) in [6.45, 7) is 5.44. The van der Waals surface area contributed by atoms with Crippen LogP contribution in [0.5, 0.6) is 17.2 Å². The number of hydrogen-bond donors (Lipinski definition) is 1. The molecular weight excluding hydrogens is 452 g/mol. The van der Waals surface area contributed by atoms with E-state index in [0.29, 0.717) is 34.8 Å². The summed E-state index contributed by atoms with van der Waals surface area (Å²) in [5, 5.41) is 12.0. The molecule has 9 nitrogen and oxygen atoms in total. The first-order valence-electron chi connectivity index (χ1n) is 10.5. The SMILES string of the molecule is CCc1ccc(C(=O)OCC(C)(C)N)c([C@@H]2c3cc4c(cc3OC[C@H]2[N+](=O)[O-])OCO4)c1.Cl. The summed E-state index contributed by atoms with van der Waals surface area (Å²) >= 11 is 0. The van der Waals surface area contributed by atoms with Crippen LogP contribution in [0.15, 0.2) is 30.3 Å². The summed E-state index contributed by atoms with van der Waals surface area (Å²) < 4.78 is 22.1. The standard InChI is InChI=1S/C23H26N2O7.ClH/c1-4-13-5-6-14(22(26)30-11-23(2,3)24)15(7-13)21-16-8-19-20(32-12-31-19)9-18(16)29-10-17(21)25(27)28;/h5-9,17,21H,4,10-12,24H2,1-3H3;1H/t17-,21-;/m1./s1. The van der Waals surface area contributed by atoms with Crippen molar-refractivity contribution in [1.82, 2.24) is 0 Å². The molecule has 0 amide bonds. The Labute approximate surface area is 197 Å². The molecule has 0 saturated heterocycles. The molecule has 178 valence electrons. The number of carbonyl (C=O) groups is 1. The van der Waals surface area contributed by atoms with E-state index in [1.54, 1.807) is 32.0 Å². The topological polar surface area (TPSA) is 123 Å². The van der Waals surface area contributed by atoms with E-state index in [2.05, 4.69) is 0 Å². The van der Waals surface area contributed by atoms with E-state index >= 15 is 0 Å². The number of nitrogens with zero attached hydrogens (tertiary/aromatic N) is 1. The van der Waals surface area contributed by atoms with Crippen LogP contribution in [0, 0.1) is 10.1 Å². The minimum absolute atomic E-state index is 0. The first-order chi connectivity index (χ1) is 15.2. The molecule has 2 aliphatic rings. The molecule has 0 saturated carbocycles. The Hall–Kier alpha value is -3.04. The molecule has 0 aliphatic carbocycles. The van der Waals surface area contributed by atoms with Gasteiger partial charge in [-0.2, -0.15) is 0 Å². The van der Waals surface area contributed by atoms with Crippen LogP contribution in [0.25, 0.3) is 0 Å². The predicted molar refractivity (Wildman–Crippen MR) is 122 cm³/mol. The zero-order valence-corrected chi connectivity index (χ0v) is 19.5. The highest BCUT2D eigenvalue weighted by Gasteiger charge is 2.43. The molecule has 0 spiro atoms. The van der Waals surface area contributed by atoms with Crippen molar-refractivity contribution in [2.45, 2.75) is 44.7 Å². The number of nitrogens with two attached hydrogens (primary N) is 1. The van der Waals surface area contributed by atoms with Gasteiger partial charge in [-0.1, -0.05) is 19.1 Å². The summed E-state index contributed by atoms with van der Waals surface area (Å²) in [6, 6.07) is 7.63. The summed E-state index contributed by atoms with van der Waals surface area (Å²) in [5.74, 6) is 0.179. The van der Waals surface area contributed by atoms with Gasteiger partial charge in [-0.05, 0) is 43.5 Å². The molecule has 33 heavy (non-hydrogen) atoms. The van der Waals surface area contributed by atoms with E-state index in [1.807, 2.05) is 19.1 Å². The molecule has 0 radical (unpaired) electrons. The second-order valence-electron chi connectivity index (χ2n) is 8.72. The number of carbonyl (C=O) groups excluding carboxylic acids is 1. The van der Waals surface area contributed by atoms with Crippen LogP contribution >= 0.6 is 12.4 Å². The molecule has 2 atom stereocenters. The van der Waals surface area contributed by atoms with Gasteiger partial charge in [0.1, 0.15) is 12.4 Å². The highest BCUT2D eigenvalue weighted by molar-refractivity contribution is 5.92. The fraction of sp³-hybridized carbons (Fsp3) is 0.435. The molecule has 0 unspecified atom stereocenters. The Balaban J connectivity index is 0.00000306. The zero-order chi connectivity index (χ0) is 23.0. The van der Waals surface area contributed by atoms with Gasteiger partial charge in [0.15, 0.2) is 18.1 Å². The molecule has 10 heteroatoms. The molecule has 0 aromatic heterocycles. The highest BCUT2D eigenvalue weighted by Crippen LogP contribution is 2.47. The number of nitro groups is 1. The average Bonchev–Trinajstić information content (AvgIpc) is 3.21. The molecule has 2 aromatic rings. The van der Waals surface area contributed by atoms with E-state index in [1.165, 1.54) is 0 Å². The van der Waals surface area contributed by atoms with Gasteiger partial charge in [0, 0.05) is 22.1 Å². The van der Waals surface area contributed by atoms with Gasteiger partial charge in [0.25, 0.3) is 6.04 Å². The zero-order valence-electron chi connectivity index (χ0n) is 18.7. The van der Waals surface area contributed by atoms with Crippen LogP contribution in [-0.4, -0.2) is 42.5 Å². The average molecular weight is 479 g/mol. The van der Waals surface area contributed by atoms with Crippen LogP contribution in [-0.2, 0) is 11.2 Å². The third-order valence-corrected chi connectivity index (χ3v) is 5.56. The van der Waals surface area contributed by atoms with Crippen molar-refractivity contribution in [2.75, 3.05) is 20.0 Å². The molecular formula is C23H27ClN2O7. The van der Waals surface area contributed by atoms with E-state index in [4.69, 9.17) is 24.7 Å². The third-order valence-electron chi connectivity index (χ3n) is 5.56. The van der Waals surface area contributed by atoms with Crippen molar-refractivity contribution >= 4 is 18.4 Å². The second-order valence-corrected chi connectivity index (χ2v) is 8.72. The molecule has 4 rings (SSSR count). The minimum Gasteiger partial charge on any atom is -0.486 e. The van der Waals surface area contributed by atoms with Gasteiger partial charge in [-0.25, -0.2) is 4.79 Å². The summed E-state index contributed by atoms with van der Waals surface area (Å²) in [6.07, 6.45) is 0.707. The Morgan fingerprint density at radius 3 is 2.48 bits per heavy atom. The maximum absolute atomic E-state index is 13.0. The summed E-state index contributed by atoms with van der Waals surface area (Å²) in [7, 11) is 0. The van der Waals surface area contributed by atoms with Crippen molar-refractivity contribution in [3.8, 4) is 17.2 Å². The Kier molecular flexibility index (Phi) is 7.04. The van der Waals surface area contributed by atoms with E-state index < -0.39 is 23.5 Å². The lowest BCUT2D eigenvalue weighted by Crippen LogP contribution is -2.39. The maximum Gasteiger partial charge on any atom is 0.338 e. The predicted octanol–water partition coefficient (Wildman–Crippen LogP) is 3.46.